The van der Waals surface area contributed by atoms with Crippen molar-refractivity contribution in [2.24, 2.45) is 0 Å². The summed E-state index contributed by atoms with van der Waals surface area (Å²) >= 11 is 0. The van der Waals surface area contributed by atoms with Gasteiger partial charge in [-0.2, -0.15) is 0 Å². The van der Waals surface area contributed by atoms with Gasteiger partial charge in [-0.15, -0.1) is 0 Å². The highest BCUT2D eigenvalue weighted by Gasteiger charge is 2.24. The number of fused-ring (bicyclic) bond motifs is 3. The zero-order valence-corrected chi connectivity index (χ0v) is 12.3. The molecule has 6 N–H and O–H groups in total. The van der Waals surface area contributed by atoms with E-state index < -0.39 is 28.7 Å². The van der Waals surface area contributed by atoms with E-state index in [1.54, 1.807) is 12.1 Å². The van der Waals surface area contributed by atoms with Crippen LogP contribution in [-0.4, -0.2) is 30.5 Å². The molecule has 6 heteroatoms. The van der Waals surface area contributed by atoms with Crippen LogP contribution in [0.1, 0.15) is 0 Å². The predicted molar refractivity (Wildman–Crippen MR) is 89.6 cm³/mol. The second-order valence-corrected chi connectivity index (χ2v) is 5.55. The molecule has 6 nitrogen and oxygen atoms in total. The Morgan fingerprint density at radius 1 is 0.583 bits per heavy atom. The van der Waals surface area contributed by atoms with E-state index in [-0.39, 0.29) is 5.56 Å². The van der Waals surface area contributed by atoms with Gasteiger partial charge < -0.3 is 30.5 Å². The van der Waals surface area contributed by atoms with Crippen molar-refractivity contribution in [3.05, 3.63) is 42.5 Å². The van der Waals surface area contributed by atoms with Gasteiger partial charge in [-0.3, -0.25) is 0 Å². The Bertz CT molecular complexity index is 1080. The van der Waals surface area contributed by atoms with Crippen LogP contribution in [-0.2, 0) is 0 Å². The monoisotopic (exact) mass is 323 g/mol. The van der Waals surface area contributed by atoms with Crippen molar-refractivity contribution < 1.29 is 25.5 Å². The number of aromatic hydroxyl groups is 5. The molecule has 0 aliphatic heterocycles. The molecule has 0 aliphatic rings. The van der Waals surface area contributed by atoms with Crippen LogP contribution in [0.3, 0.4) is 0 Å². The fourth-order valence-electron chi connectivity index (χ4n) is 2.97. The molecule has 0 saturated carbocycles. The summed E-state index contributed by atoms with van der Waals surface area (Å²) in [6, 6.07) is 12.9. The number of benzene rings is 3. The molecular weight excluding hydrogens is 310 g/mol. The number of aromatic nitrogens is 1. The van der Waals surface area contributed by atoms with Gasteiger partial charge >= 0.3 is 0 Å². The molecule has 3 aromatic carbocycles. The third-order valence-electron chi connectivity index (χ3n) is 4.17. The number of hydrogen-bond acceptors (Lipinski definition) is 5. The van der Waals surface area contributed by atoms with Crippen LogP contribution in [0.25, 0.3) is 32.9 Å². The van der Waals surface area contributed by atoms with Crippen LogP contribution < -0.4 is 0 Å². The second-order valence-electron chi connectivity index (χ2n) is 5.55. The number of hydrogen-bond donors (Lipinski definition) is 6. The van der Waals surface area contributed by atoms with Crippen LogP contribution in [0.4, 0.5) is 0 Å². The Labute approximate surface area is 135 Å². The highest BCUT2D eigenvalue weighted by molar-refractivity contribution is 6.08. The van der Waals surface area contributed by atoms with Gasteiger partial charge in [0, 0.05) is 21.8 Å². The van der Waals surface area contributed by atoms with Gasteiger partial charge in [0.25, 0.3) is 0 Å². The molecule has 0 amide bonds. The molecule has 1 heterocycles. The summed E-state index contributed by atoms with van der Waals surface area (Å²) in [6.45, 7) is 0. The van der Waals surface area contributed by atoms with Gasteiger partial charge in [0.1, 0.15) is 0 Å². The highest BCUT2D eigenvalue weighted by atomic mass is 16.4. The third kappa shape index (κ3) is 1.77. The normalized spacial score (nSPS) is 11.3. The molecule has 0 unspecified atom stereocenters. The summed E-state index contributed by atoms with van der Waals surface area (Å²) in [5.74, 6) is -4.17. The van der Waals surface area contributed by atoms with E-state index >= 15 is 0 Å². The van der Waals surface area contributed by atoms with Crippen LogP contribution in [0, 0.1) is 0 Å². The molecule has 4 aromatic rings. The highest BCUT2D eigenvalue weighted by Crippen LogP contribution is 2.54. The Balaban J connectivity index is 2.03. The molecule has 0 saturated heterocycles. The van der Waals surface area contributed by atoms with Gasteiger partial charge in [0.2, 0.25) is 17.2 Å². The molecule has 0 fully saturated rings. The second kappa shape index (κ2) is 4.73. The van der Waals surface area contributed by atoms with Crippen molar-refractivity contribution in [3.63, 3.8) is 0 Å². The van der Waals surface area contributed by atoms with E-state index in [1.165, 1.54) is 0 Å². The summed E-state index contributed by atoms with van der Waals surface area (Å²) in [4.78, 5) is 3.23. The zero-order chi connectivity index (χ0) is 17.0. The summed E-state index contributed by atoms with van der Waals surface area (Å²) < 4.78 is 0. The maximum Gasteiger partial charge on any atom is 0.208 e. The average Bonchev–Trinajstić information content (AvgIpc) is 2.96. The summed E-state index contributed by atoms with van der Waals surface area (Å²) in [5.41, 5.74) is 1.91. The van der Waals surface area contributed by atoms with Crippen molar-refractivity contribution >= 4 is 21.8 Å². The SMILES string of the molecule is Oc1c(O)c(O)c(-c2ccc3c(c2)[nH]c2ccccc23)c(O)c1O. The maximum absolute atomic E-state index is 10.1. The molecule has 4 rings (SSSR count). The fourth-order valence-corrected chi connectivity index (χ4v) is 2.97. The van der Waals surface area contributed by atoms with Gasteiger partial charge in [-0.1, -0.05) is 30.3 Å². The largest absolute Gasteiger partial charge is 0.504 e. The van der Waals surface area contributed by atoms with Gasteiger partial charge in [-0.25, -0.2) is 0 Å². The topological polar surface area (TPSA) is 117 Å². The summed E-state index contributed by atoms with van der Waals surface area (Å²) in [6.07, 6.45) is 0. The van der Waals surface area contributed by atoms with Crippen molar-refractivity contribution in [3.8, 4) is 39.9 Å². The summed E-state index contributed by atoms with van der Waals surface area (Å²) in [5, 5.41) is 51.0. The van der Waals surface area contributed by atoms with Crippen LogP contribution in [0.5, 0.6) is 28.7 Å². The fraction of sp³-hybridized carbons (Fsp3) is 0. The number of phenolic OH excluding ortho intramolecular Hbond substituents is 5. The number of para-hydroxylation sites is 1. The molecule has 24 heavy (non-hydrogen) atoms. The number of nitrogens with one attached hydrogen (secondary N) is 1. The van der Waals surface area contributed by atoms with Crippen LogP contribution >= 0.6 is 0 Å². The van der Waals surface area contributed by atoms with Crippen LogP contribution in [0.2, 0.25) is 0 Å². The van der Waals surface area contributed by atoms with Gasteiger partial charge in [0.15, 0.2) is 11.5 Å². The molecule has 1 aromatic heterocycles. The lowest BCUT2D eigenvalue weighted by atomic mass is 10.00. The molecular formula is C18H13NO5. The standard InChI is InChI=1S/C18H13NO5/c20-14-13(15(21)17(23)18(24)16(14)22)8-5-6-10-9-3-1-2-4-11(9)19-12(10)7-8/h1-7,19-24H. The first-order chi connectivity index (χ1) is 11.5. The zero-order valence-electron chi connectivity index (χ0n) is 12.3. The third-order valence-corrected chi connectivity index (χ3v) is 4.17. The number of phenols is 5. The molecule has 0 atom stereocenters. The Morgan fingerprint density at radius 2 is 1.17 bits per heavy atom. The Hall–Kier alpha value is -3.54. The van der Waals surface area contributed by atoms with Gasteiger partial charge in [-0.05, 0) is 17.7 Å². The van der Waals surface area contributed by atoms with Crippen LogP contribution in [0.15, 0.2) is 42.5 Å². The maximum atomic E-state index is 10.1. The van der Waals surface area contributed by atoms with Crippen molar-refractivity contribution in [2.45, 2.75) is 0 Å². The number of aromatic amines is 1. The minimum Gasteiger partial charge on any atom is -0.504 e. The number of H-pyrrole nitrogens is 1. The first kappa shape index (κ1) is 14.1. The van der Waals surface area contributed by atoms with Crippen molar-refractivity contribution in [1.82, 2.24) is 4.98 Å². The van der Waals surface area contributed by atoms with E-state index in [1.807, 2.05) is 30.3 Å². The lowest BCUT2D eigenvalue weighted by molar-refractivity contribution is 0.330. The lowest BCUT2D eigenvalue weighted by Crippen LogP contribution is -1.84. The minimum atomic E-state index is -0.972. The van der Waals surface area contributed by atoms with Crippen molar-refractivity contribution in [1.29, 1.82) is 0 Å². The molecule has 0 radical (unpaired) electrons. The molecule has 0 spiro atoms. The quantitative estimate of drug-likeness (QED) is 0.237. The Morgan fingerprint density at radius 3 is 1.88 bits per heavy atom. The van der Waals surface area contributed by atoms with E-state index in [2.05, 4.69) is 4.98 Å². The smallest absolute Gasteiger partial charge is 0.208 e. The minimum absolute atomic E-state index is 0.164. The van der Waals surface area contributed by atoms with E-state index in [4.69, 9.17) is 0 Å². The number of rotatable bonds is 1. The lowest BCUT2D eigenvalue weighted by Gasteiger charge is -2.12. The van der Waals surface area contributed by atoms with E-state index in [0.717, 1.165) is 21.8 Å². The first-order valence-corrected chi connectivity index (χ1v) is 7.18. The summed E-state index contributed by atoms with van der Waals surface area (Å²) in [7, 11) is 0. The first-order valence-electron chi connectivity index (χ1n) is 7.18. The molecule has 0 bridgehead atoms. The predicted octanol–water partition coefficient (Wildman–Crippen LogP) is 3.52. The van der Waals surface area contributed by atoms with E-state index in [0.29, 0.717) is 5.56 Å². The van der Waals surface area contributed by atoms with Crippen molar-refractivity contribution in [2.75, 3.05) is 0 Å². The van der Waals surface area contributed by atoms with Gasteiger partial charge in [0.05, 0.1) is 5.56 Å². The average molecular weight is 323 g/mol. The van der Waals surface area contributed by atoms with E-state index in [9.17, 15) is 25.5 Å². The Kier molecular flexibility index (Phi) is 2.77. The molecule has 0 aliphatic carbocycles. The molecule has 120 valence electrons.